The number of hydrogen-bond donors (Lipinski definition) is 1. The van der Waals surface area contributed by atoms with Gasteiger partial charge < -0.3 is 10.5 Å². The van der Waals surface area contributed by atoms with E-state index in [9.17, 15) is 0 Å². The second-order valence-corrected chi connectivity index (χ2v) is 5.42. The number of benzene rings is 3. The van der Waals surface area contributed by atoms with Crippen LogP contribution >= 0.6 is 11.6 Å². The summed E-state index contributed by atoms with van der Waals surface area (Å²) in [4.78, 5) is 0. The molecule has 0 radical (unpaired) electrons. The van der Waals surface area contributed by atoms with Gasteiger partial charge in [0.15, 0.2) is 0 Å². The first kappa shape index (κ1) is 13.9. The highest BCUT2D eigenvalue weighted by atomic mass is 35.5. The molecule has 0 saturated heterocycles. The van der Waals surface area contributed by atoms with Crippen molar-refractivity contribution in [3.05, 3.63) is 70.7 Å². The predicted molar refractivity (Wildman–Crippen MR) is 88.1 cm³/mol. The topological polar surface area (TPSA) is 35.2 Å². The summed E-state index contributed by atoms with van der Waals surface area (Å²) in [6.45, 7) is 2.51. The Balaban J connectivity index is 2.11. The molecule has 0 spiro atoms. The molecule has 0 heterocycles. The van der Waals surface area contributed by atoms with Gasteiger partial charge in [0, 0.05) is 17.0 Å². The summed E-state index contributed by atoms with van der Waals surface area (Å²) in [7, 11) is 0. The Morgan fingerprint density at radius 1 is 0.952 bits per heavy atom. The first-order valence-corrected chi connectivity index (χ1v) is 7.21. The van der Waals surface area contributed by atoms with Crippen LogP contribution in [0.4, 0.5) is 0 Å². The lowest BCUT2D eigenvalue weighted by molar-refractivity contribution is 0.484. The van der Waals surface area contributed by atoms with Gasteiger partial charge in [-0.25, -0.2) is 0 Å². The van der Waals surface area contributed by atoms with E-state index in [2.05, 4.69) is 6.07 Å². The zero-order valence-corrected chi connectivity index (χ0v) is 12.5. The van der Waals surface area contributed by atoms with Crippen molar-refractivity contribution in [1.29, 1.82) is 0 Å². The fraction of sp³-hybridized carbons (Fsp3) is 0.111. The van der Waals surface area contributed by atoms with E-state index in [1.54, 1.807) is 0 Å². The van der Waals surface area contributed by atoms with E-state index >= 15 is 0 Å². The van der Waals surface area contributed by atoms with Gasteiger partial charge in [-0.1, -0.05) is 48.0 Å². The Bertz CT molecular complexity index is 798. The van der Waals surface area contributed by atoms with Crippen LogP contribution in [-0.4, -0.2) is 0 Å². The van der Waals surface area contributed by atoms with Crippen molar-refractivity contribution in [3.63, 3.8) is 0 Å². The van der Waals surface area contributed by atoms with Crippen LogP contribution in [0.5, 0.6) is 11.5 Å². The van der Waals surface area contributed by atoms with Crippen LogP contribution in [0.2, 0.25) is 5.02 Å². The molecule has 3 aromatic rings. The van der Waals surface area contributed by atoms with Gasteiger partial charge in [0.1, 0.15) is 11.5 Å². The van der Waals surface area contributed by atoms with Gasteiger partial charge in [-0.15, -0.1) is 0 Å². The van der Waals surface area contributed by atoms with Crippen molar-refractivity contribution < 1.29 is 4.74 Å². The largest absolute Gasteiger partial charge is 0.456 e. The Morgan fingerprint density at radius 2 is 1.71 bits per heavy atom. The molecule has 0 atom stereocenters. The summed E-state index contributed by atoms with van der Waals surface area (Å²) in [5.41, 5.74) is 7.96. The summed E-state index contributed by atoms with van der Waals surface area (Å²) in [5, 5.41) is 2.84. The molecule has 0 aliphatic rings. The third kappa shape index (κ3) is 2.73. The number of halogens is 1. The smallest absolute Gasteiger partial charge is 0.135 e. The Morgan fingerprint density at radius 3 is 2.48 bits per heavy atom. The van der Waals surface area contributed by atoms with Crippen molar-refractivity contribution in [2.75, 3.05) is 0 Å². The van der Waals surface area contributed by atoms with E-state index in [4.69, 9.17) is 22.1 Å². The first-order chi connectivity index (χ1) is 10.2. The van der Waals surface area contributed by atoms with Crippen LogP contribution in [0.3, 0.4) is 0 Å². The molecule has 3 heteroatoms. The van der Waals surface area contributed by atoms with Gasteiger partial charge in [-0.3, -0.25) is 0 Å². The molecule has 0 unspecified atom stereocenters. The molecule has 3 aromatic carbocycles. The van der Waals surface area contributed by atoms with Crippen LogP contribution in [0.1, 0.15) is 11.1 Å². The van der Waals surface area contributed by atoms with Gasteiger partial charge in [-0.05, 0) is 41.6 Å². The van der Waals surface area contributed by atoms with E-state index in [0.717, 1.165) is 33.4 Å². The molecule has 0 saturated carbocycles. The lowest BCUT2D eigenvalue weighted by atomic mass is 10.0. The highest BCUT2D eigenvalue weighted by molar-refractivity contribution is 6.30. The first-order valence-electron chi connectivity index (χ1n) is 6.84. The average Bonchev–Trinajstić information content (AvgIpc) is 2.51. The Labute approximate surface area is 129 Å². The van der Waals surface area contributed by atoms with E-state index in [0.29, 0.717) is 11.6 Å². The third-order valence-electron chi connectivity index (χ3n) is 3.56. The van der Waals surface area contributed by atoms with Gasteiger partial charge in [-0.2, -0.15) is 0 Å². The molecule has 3 rings (SSSR count). The monoisotopic (exact) mass is 297 g/mol. The standard InChI is InChI=1S/C18H16ClNO/c1-12-6-8-14(19)10-18(12)21-17-9-7-13(11-20)15-4-2-3-5-16(15)17/h2-10H,11,20H2,1H3. The quantitative estimate of drug-likeness (QED) is 0.734. The normalized spacial score (nSPS) is 10.8. The molecule has 2 N–H and O–H groups in total. The van der Waals surface area contributed by atoms with Gasteiger partial charge >= 0.3 is 0 Å². The molecule has 106 valence electrons. The zero-order chi connectivity index (χ0) is 14.8. The highest BCUT2D eigenvalue weighted by Crippen LogP contribution is 2.34. The van der Waals surface area contributed by atoms with Crippen LogP contribution < -0.4 is 10.5 Å². The van der Waals surface area contributed by atoms with Crippen molar-refractivity contribution in [2.45, 2.75) is 13.5 Å². The average molecular weight is 298 g/mol. The third-order valence-corrected chi connectivity index (χ3v) is 3.80. The van der Waals surface area contributed by atoms with Crippen LogP contribution in [0, 0.1) is 6.92 Å². The van der Waals surface area contributed by atoms with Gasteiger partial charge in [0.2, 0.25) is 0 Å². The Hall–Kier alpha value is -2.03. The SMILES string of the molecule is Cc1ccc(Cl)cc1Oc1ccc(CN)c2ccccc12. The molecule has 0 bridgehead atoms. The zero-order valence-electron chi connectivity index (χ0n) is 11.8. The number of rotatable bonds is 3. The summed E-state index contributed by atoms with van der Waals surface area (Å²) < 4.78 is 6.08. The maximum Gasteiger partial charge on any atom is 0.135 e. The summed E-state index contributed by atoms with van der Waals surface area (Å²) in [6, 6.07) is 17.7. The lowest BCUT2D eigenvalue weighted by Crippen LogP contribution is -1.98. The van der Waals surface area contributed by atoms with E-state index < -0.39 is 0 Å². The molecule has 0 fully saturated rings. The minimum atomic E-state index is 0.511. The summed E-state index contributed by atoms with van der Waals surface area (Å²) in [6.07, 6.45) is 0. The number of hydrogen-bond acceptors (Lipinski definition) is 2. The number of ether oxygens (including phenoxy) is 1. The van der Waals surface area contributed by atoms with Gasteiger partial charge in [0.25, 0.3) is 0 Å². The maximum atomic E-state index is 6.08. The molecule has 2 nitrogen and oxygen atoms in total. The second kappa shape index (κ2) is 5.76. The lowest BCUT2D eigenvalue weighted by Gasteiger charge is -2.13. The van der Waals surface area contributed by atoms with E-state index in [1.165, 1.54) is 0 Å². The molecule has 0 aliphatic carbocycles. The minimum Gasteiger partial charge on any atom is -0.456 e. The molecule has 21 heavy (non-hydrogen) atoms. The molecular weight excluding hydrogens is 282 g/mol. The number of fused-ring (bicyclic) bond motifs is 1. The summed E-state index contributed by atoms with van der Waals surface area (Å²) in [5.74, 6) is 1.58. The summed E-state index contributed by atoms with van der Waals surface area (Å²) >= 11 is 6.05. The molecule has 0 aromatic heterocycles. The molecular formula is C18H16ClNO. The Kier molecular flexibility index (Phi) is 3.82. The fourth-order valence-corrected chi connectivity index (χ4v) is 2.57. The maximum absolute atomic E-state index is 6.08. The number of nitrogens with two attached hydrogens (primary N) is 1. The van der Waals surface area contributed by atoms with Crippen molar-refractivity contribution in [1.82, 2.24) is 0 Å². The highest BCUT2D eigenvalue weighted by Gasteiger charge is 2.08. The van der Waals surface area contributed by atoms with Crippen LogP contribution in [0.25, 0.3) is 10.8 Å². The molecule has 0 amide bonds. The van der Waals surface area contributed by atoms with E-state index in [-0.39, 0.29) is 0 Å². The van der Waals surface area contributed by atoms with Crippen molar-refractivity contribution in [2.24, 2.45) is 5.73 Å². The predicted octanol–water partition coefficient (Wildman–Crippen LogP) is 5.05. The van der Waals surface area contributed by atoms with Crippen molar-refractivity contribution >= 4 is 22.4 Å². The van der Waals surface area contributed by atoms with E-state index in [1.807, 2.05) is 55.5 Å². The fourth-order valence-electron chi connectivity index (χ4n) is 2.40. The van der Waals surface area contributed by atoms with Crippen molar-refractivity contribution in [3.8, 4) is 11.5 Å². The van der Waals surface area contributed by atoms with Crippen LogP contribution in [0.15, 0.2) is 54.6 Å². The second-order valence-electron chi connectivity index (χ2n) is 4.98. The van der Waals surface area contributed by atoms with Crippen LogP contribution in [-0.2, 0) is 6.54 Å². The molecule has 0 aliphatic heterocycles. The minimum absolute atomic E-state index is 0.511. The van der Waals surface area contributed by atoms with Gasteiger partial charge in [0.05, 0.1) is 0 Å². The number of aryl methyl sites for hydroxylation is 1.